The Kier molecular flexibility index (Phi) is 6.67. The molecule has 0 aliphatic carbocycles. The van der Waals surface area contributed by atoms with E-state index in [1.54, 1.807) is 6.34 Å². The molecule has 0 saturated carbocycles. The second-order valence-electron chi connectivity index (χ2n) is 1.44. The molecule has 0 radical (unpaired) electrons. The minimum absolute atomic E-state index is 0.865. The van der Waals surface area contributed by atoms with Crippen LogP contribution in [0.25, 0.3) is 0 Å². The van der Waals surface area contributed by atoms with Crippen molar-refractivity contribution >= 4 is 12.7 Å². The normalized spacial score (nSPS) is 12.1. The Morgan fingerprint density at radius 1 is 1.50 bits per heavy atom. The summed E-state index contributed by atoms with van der Waals surface area (Å²) in [5.41, 5.74) is 5.01. The SMILES string of the molecule is CCN/C=N/C=N\C=C\N. The fourth-order valence-electron chi connectivity index (χ4n) is 0.304. The average molecular weight is 140 g/mol. The van der Waals surface area contributed by atoms with Crippen molar-refractivity contribution in [2.45, 2.75) is 6.92 Å². The second-order valence-corrected chi connectivity index (χ2v) is 1.44. The maximum Gasteiger partial charge on any atom is 0.117 e. The third-order valence-electron chi connectivity index (χ3n) is 0.675. The van der Waals surface area contributed by atoms with Crippen molar-refractivity contribution in [2.75, 3.05) is 6.54 Å². The zero-order valence-corrected chi connectivity index (χ0v) is 5.99. The van der Waals surface area contributed by atoms with Gasteiger partial charge in [0.05, 0.1) is 6.34 Å². The van der Waals surface area contributed by atoms with Gasteiger partial charge in [0, 0.05) is 18.9 Å². The Morgan fingerprint density at radius 3 is 2.90 bits per heavy atom. The second kappa shape index (κ2) is 7.68. The Bertz CT molecular complexity index is 137. The van der Waals surface area contributed by atoms with E-state index in [1.165, 1.54) is 18.7 Å². The maximum absolute atomic E-state index is 5.01. The molecule has 0 atom stereocenters. The number of nitrogens with two attached hydrogens (primary N) is 1. The van der Waals surface area contributed by atoms with Gasteiger partial charge in [0.2, 0.25) is 0 Å². The molecule has 0 aliphatic heterocycles. The Morgan fingerprint density at radius 2 is 2.30 bits per heavy atom. The summed E-state index contributed by atoms with van der Waals surface area (Å²) in [6.45, 7) is 2.85. The largest absolute Gasteiger partial charge is 0.403 e. The summed E-state index contributed by atoms with van der Waals surface area (Å²) in [5.74, 6) is 0. The van der Waals surface area contributed by atoms with Crippen LogP contribution in [0.4, 0.5) is 0 Å². The van der Waals surface area contributed by atoms with Crippen molar-refractivity contribution in [3.8, 4) is 0 Å². The molecule has 0 bridgehead atoms. The van der Waals surface area contributed by atoms with Crippen molar-refractivity contribution in [3.63, 3.8) is 0 Å². The summed E-state index contributed by atoms with van der Waals surface area (Å²) < 4.78 is 0. The van der Waals surface area contributed by atoms with E-state index in [9.17, 15) is 0 Å². The highest BCUT2D eigenvalue weighted by Crippen LogP contribution is 1.65. The summed E-state index contributed by atoms with van der Waals surface area (Å²) in [7, 11) is 0. The van der Waals surface area contributed by atoms with E-state index < -0.39 is 0 Å². The molecule has 0 rings (SSSR count). The smallest absolute Gasteiger partial charge is 0.117 e. The fraction of sp³-hybridized carbons (Fsp3) is 0.333. The number of hydrogen-bond acceptors (Lipinski definition) is 2. The third kappa shape index (κ3) is 6.68. The van der Waals surface area contributed by atoms with Gasteiger partial charge >= 0.3 is 0 Å². The number of hydrogen-bond donors (Lipinski definition) is 2. The van der Waals surface area contributed by atoms with E-state index in [2.05, 4.69) is 15.3 Å². The molecular formula is C6H12N4. The Balaban J connectivity index is 3.32. The van der Waals surface area contributed by atoms with E-state index in [-0.39, 0.29) is 0 Å². The standard InChI is InChI=1S/C6H12N4/c1-2-8-5-10-6-9-4-3-7/h3-6H,2,7H2,1H3,(H,8,9,10)/b4-3+. The van der Waals surface area contributed by atoms with Crippen molar-refractivity contribution in [2.24, 2.45) is 15.7 Å². The molecule has 3 N–H and O–H groups in total. The lowest BCUT2D eigenvalue weighted by molar-refractivity contribution is 0.989. The van der Waals surface area contributed by atoms with Crippen LogP contribution < -0.4 is 11.1 Å². The topological polar surface area (TPSA) is 62.8 Å². The van der Waals surface area contributed by atoms with Gasteiger partial charge in [-0.15, -0.1) is 0 Å². The van der Waals surface area contributed by atoms with Gasteiger partial charge in [-0.3, -0.25) is 0 Å². The lowest BCUT2D eigenvalue weighted by atomic mass is 10.8. The first-order valence-electron chi connectivity index (χ1n) is 3.05. The summed E-state index contributed by atoms with van der Waals surface area (Å²) in [6, 6.07) is 0. The molecule has 0 heterocycles. The molecule has 0 saturated heterocycles. The van der Waals surface area contributed by atoms with E-state index in [1.807, 2.05) is 6.92 Å². The first-order chi connectivity index (χ1) is 4.91. The third-order valence-corrected chi connectivity index (χ3v) is 0.675. The Labute approximate surface area is 60.6 Å². The highest BCUT2D eigenvalue weighted by atomic mass is 14.9. The molecule has 10 heavy (non-hydrogen) atoms. The summed E-state index contributed by atoms with van der Waals surface area (Å²) in [5, 5.41) is 2.89. The van der Waals surface area contributed by atoms with Gasteiger partial charge in [-0.05, 0) is 6.92 Å². The molecule has 0 amide bonds. The van der Waals surface area contributed by atoms with Crippen molar-refractivity contribution in [3.05, 3.63) is 12.4 Å². The monoisotopic (exact) mass is 140 g/mol. The van der Waals surface area contributed by atoms with Crippen LogP contribution in [0.2, 0.25) is 0 Å². The predicted molar refractivity (Wildman–Crippen MR) is 44.0 cm³/mol. The maximum atomic E-state index is 5.01. The summed E-state index contributed by atoms with van der Waals surface area (Å²) in [4.78, 5) is 7.46. The van der Waals surface area contributed by atoms with Gasteiger partial charge in [-0.1, -0.05) is 0 Å². The molecular weight excluding hydrogens is 128 g/mol. The minimum Gasteiger partial charge on any atom is -0.403 e. The number of nitrogens with zero attached hydrogens (tertiary/aromatic N) is 2. The molecule has 4 heteroatoms. The lowest BCUT2D eigenvalue weighted by Gasteiger charge is -1.85. The number of nitrogens with one attached hydrogen (secondary N) is 1. The molecule has 0 aliphatic rings. The highest BCUT2D eigenvalue weighted by Gasteiger charge is 1.64. The molecule has 0 spiro atoms. The quantitative estimate of drug-likeness (QED) is 0.429. The molecule has 4 nitrogen and oxygen atoms in total. The Hall–Kier alpha value is -1.32. The zero-order valence-electron chi connectivity index (χ0n) is 5.99. The predicted octanol–water partition coefficient (Wildman–Crippen LogP) is 0.0824. The van der Waals surface area contributed by atoms with Crippen LogP contribution in [0.5, 0.6) is 0 Å². The van der Waals surface area contributed by atoms with Gasteiger partial charge in [0.15, 0.2) is 0 Å². The van der Waals surface area contributed by atoms with Crippen LogP contribution in [-0.2, 0) is 0 Å². The van der Waals surface area contributed by atoms with E-state index in [0.29, 0.717) is 0 Å². The minimum atomic E-state index is 0.865. The molecule has 0 aromatic heterocycles. The van der Waals surface area contributed by atoms with Gasteiger partial charge in [0.1, 0.15) is 6.34 Å². The van der Waals surface area contributed by atoms with E-state index in [4.69, 9.17) is 5.73 Å². The van der Waals surface area contributed by atoms with Crippen molar-refractivity contribution in [1.29, 1.82) is 0 Å². The zero-order chi connectivity index (χ0) is 7.66. The van der Waals surface area contributed by atoms with Crippen LogP contribution >= 0.6 is 0 Å². The van der Waals surface area contributed by atoms with Crippen molar-refractivity contribution in [1.82, 2.24) is 5.32 Å². The molecule has 0 fully saturated rings. The molecule has 0 unspecified atom stereocenters. The highest BCUT2D eigenvalue weighted by molar-refractivity contribution is 5.70. The fourth-order valence-corrected chi connectivity index (χ4v) is 0.304. The van der Waals surface area contributed by atoms with Gasteiger partial charge in [0.25, 0.3) is 0 Å². The van der Waals surface area contributed by atoms with Gasteiger partial charge < -0.3 is 11.1 Å². The lowest BCUT2D eigenvalue weighted by Crippen LogP contribution is -2.08. The molecule has 56 valence electrons. The number of rotatable bonds is 4. The molecule has 0 aromatic rings. The van der Waals surface area contributed by atoms with E-state index >= 15 is 0 Å². The molecule has 0 aromatic carbocycles. The van der Waals surface area contributed by atoms with Gasteiger partial charge in [-0.25, -0.2) is 9.98 Å². The first-order valence-corrected chi connectivity index (χ1v) is 3.05. The van der Waals surface area contributed by atoms with Gasteiger partial charge in [-0.2, -0.15) is 0 Å². The number of aliphatic imine (C=N–C) groups is 2. The van der Waals surface area contributed by atoms with Crippen LogP contribution in [0, 0.1) is 0 Å². The van der Waals surface area contributed by atoms with Crippen molar-refractivity contribution < 1.29 is 0 Å². The summed E-state index contributed by atoms with van der Waals surface area (Å²) >= 11 is 0. The van der Waals surface area contributed by atoms with E-state index in [0.717, 1.165) is 6.54 Å². The van der Waals surface area contributed by atoms with Crippen LogP contribution in [0.3, 0.4) is 0 Å². The van der Waals surface area contributed by atoms with Crippen LogP contribution in [0.15, 0.2) is 22.4 Å². The van der Waals surface area contributed by atoms with Crippen LogP contribution in [-0.4, -0.2) is 19.2 Å². The first kappa shape index (κ1) is 8.68. The average Bonchev–Trinajstić information content (AvgIpc) is 1.97. The van der Waals surface area contributed by atoms with Crippen LogP contribution in [0.1, 0.15) is 6.92 Å². The summed E-state index contributed by atoms with van der Waals surface area (Å²) in [6.07, 6.45) is 5.79.